The van der Waals surface area contributed by atoms with E-state index in [1.165, 1.54) is 6.92 Å². The van der Waals surface area contributed by atoms with Gasteiger partial charge in [-0.05, 0) is 31.2 Å². The van der Waals surface area contributed by atoms with E-state index in [4.69, 9.17) is 0 Å². The van der Waals surface area contributed by atoms with Gasteiger partial charge in [0.25, 0.3) is 0 Å². The number of nitrogens with one attached hydrogen (secondary N) is 1. The van der Waals surface area contributed by atoms with Gasteiger partial charge in [-0.2, -0.15) is 0 Å². The fourth-order valence-corrected chi connectivity index (χ4v) is 2.98. The Kier molecular flexibility index (Phi) is 4.30. The number of para-hydroxylation sites is 1. The van der Waals surface area contributed by atoms with E-state index in [1.807, 2.05) is 48.5 Å². The van der Waals surface area contributed by atoms with Crippen molar-refractivity contribution in [2.75, 3.05) is 5.32 Å². The largest absolute Gasteiger partial charge is 0.337 e. The van der Waals surface area contributed by atoms with E-state index in [-0.39, 0.29) is 18.2 Å². The molecule has 1 aromatic heterocycles. The average Bonchev–Trinajstić information content (AvgIpc) is 2.86. The van der Waals surface area contributed by atoms with Crippen molar-refractivity contribution in [2.24, 2.45) is 0 Å². The van der Waals surface area contributed by atoms with E-state index in [0.29, 0.717) is 5.56 Å². The van der Waals surface area contributed by atoms with Crippen molar-refractivity contribution in [1.29, 1.82) is 0 Å². The average molecular weight is 371 g/mol. The molecule has 5 heteroatoms. The molecule has 0 atom stereocenters. The molecule has 0 aliphatic carbocycles. The first kappa shape index (κ1) is 15.5. The highest BCUT2D eigenvalue weighted by Gasteiger charge is 2.13. The van der Waals surface area contributed by atoms with Gasteiger partial charge >= 0.3 is 0 Å². The van der Waals surface area contributed by atoms with Crippen LogP contribution in [-0.2, 0) is 11.3 Å². The van der Waals surface area contributed by atoms with Gasteiger partial charge in [0.2, 0.25) is 5.91 Å². The molecule has 1 N–H and O–H groups in total. The minimum Gasteiger partial charge on any atom is -0.337 e. The molecule has 0 radical (unpaired) electrons. The number of carbonyl (C=O) groups is 2. The van der Waals surface area contributed by atoms with Crippen LogP contribution < -0.4 is 5.32 Å². The number of amides is 1. The molecule has 23 heavy (non-hydrogen) atoms. The Hall–Kier alpha value is -2.40. The number of hydrogen-bond acceptors (Lipinski definition) is 2. The van der Waals surface area contributed by atoms with Gasteiger partial charge in [-0.3, -0.25) is 9.59 Å². The number of rotatable bonds is 4. The van der Waals surface area contributed by atoms with Crippen LogP contribution in [-0.4, -0.2) is 16.3 Å². The smallest absolute Gasteiger partial charge is 0.244 e. The zero-order chi connectivity index (χ0) is 16.4. The van der Waals surface area contributed by atoms with Gasteiger partial charge in [-0.15, -0.1) is 0 Å². The lowest BCUT2D eigenvalue weighted by atomic mass is 10.1. The highest BCUT2D eigenvalue weighted by molar-refractivity contribution is 9.10. The van der Waals surface area contributed by atoms with Crippen LogP contribution in [0.3, 0.4) is 0 Å². The van der Waals surface area contributed by atoms with E-state index >= 15 is 0 Å². The highest BCUT2D eigenvalue weighted by atomic mass is 79.9. The van der Waals surface area contributed by atoms with Crippen LogP contribution in [0.4, 0.5) is 5.69 Å². The minimum atomic E-state index is -0.140. The third-order valence-electron chi connectivity index (χ3n) is 3.59. The Balaban J connectivity index is 1.86. The van der Waals surface area contributed by atoms with Crippen LogP contribution in [0.15, 0.2) is 59.2 Å². The molecule has 0 aliphatic rings. The molecule has 4 nitrogen and oxygen atoms in total. The standard InChI is InChI=1S/C18H15BrN2O2/c1-12(22)16-10-21(17-8-3-2-7-15(16)17)11-18(23)20-14-6-4-5-13(19)9-14/h2-10H,11H2,1H3,(H,20,23). The minimum absolute atomic E-state index is 0.00709. The van der Waals surface area contributed by atoms with Crippen LogP contribution in [0, 0.1) is 0 Å². The van der Waals surface area contributed by atoms with Gasteiger partial charge < -0.3 is 9.88 Å². The quantitative estimate of drug-likeness (QED) is 0.698. The molecule has 1 amide bonds. The number of Topliss-reactive ketones (excluding diaryl/α,β-unsaturated/α-hetero) is 1. The number of halogens is 1. The van der Waals surface area contributed by atoms with Crippen LogP contribution in [0.2, 0.25) is 0 Å². The number of ketones is 1. The van der Waals surface area contributed by atoms with E-state index in [9.17, 15) is 9.59 Å². The summed E-state index contributed by atoms with van der Waals surface area (Å²) >= 11 is 3.38. The van der Waals surface area contributed by atoms with Crippen LogP contribution in [0.1, 0.15) is 17.3 Å². The summed E-state index contributed by atoms with van der Waals surface area (Å²) in [4.78, 5) is 24.1. The fraction of sp³-hybridized carbons (Fsp3) is 0.111. The Labute approximate surface area is 142 Å². The Bertz CT molecular complexity index is 899. The van der Waals surface area contributed by atoms with E-state index in [1.54, 1.807) is 10.8 Å². The number of aromatic nitrogens is 1. The summed E-state index contributed by atoms with van der Waals surface area (Å²) in [6.45, 7) is 1.69. The highest BCUT2D eigenvalue weighted by Crippen LogP contribution is 2.22. The number of anilines is 1. The van der Waals surface area contributed by atoms with E-state index in [2.05, 4.69) is 21.2 Å². The number of carbonyl (C=O) groups excluding carboxylic acids is 2. The summed E-state index contributed by atoms with van der Waals surface area (Å²) < 4.78 is 2.71. The van der Waals surface area contributed by atoms with Gasteiger partial charge in [0.15, 0.2) is 5.78 Å². The molecule has 0 fully saturated rings. The summed E-state index contributed by atoms with van der Waals surface area (Å²) in [6, 6.07) is 15.0. The van der Waals surface area contributed by atoms with Gasteiger partial charge in [0, 0.05) is 32.8 Å². The van der Waals surface area contributed by atoms with Gasteiger partial charge in [-0.1, -0.05) is 40.2 Å². The zero-order valence-electron chi connectivity index (χ0n) is 12.5. The summed E-state index contributed by atoms with van der Waals surface area (Å²) in [5.74, 6) is -0.147. The Morgan fingerprint density at radius 2 is 1.91 bits per heavy atom. The van der Waals surface area contributed by atoms with Crippen molar-refractivity contribution in [3.8, 4) is 0 Å². The number of benzene rings is 2. The first-order chi connectivity index (χ1) is 11.0. The van der Waals surface area contributed by atoms with E-state index < -0.39 is 0 Å². The lowest BCUT2D eigenvalue weighted by Crippen LogP contribution is -2.18. The Morgan fingerprint density at radius 3 is 2.65 bits per heavy atom. The van der Waals surface area contributed by atoms with Crippen molar-refractivity contribution in [1.82, 2.24) is 4.57 Å². The molecule has 0 bridgehead atoms. The predicted octanol–water partition coefficient (Wildman–Crippen LogP) is 4.25. The second-order valence-electron chi connectivity index (χ2n) is 5.30. The molecule has 3 rings (SSSR count). The van der Waals surface area contributed by atoms with Gasteiger partial charge in [0.1, 0.15) is 6.54 Å². The molecule has 0 aliphatic heterocycles. The molecule has 116 valence electrons. The third kappa shape index (κ3) is 3.35. The number of hydrogen-bond donors (Lipinski definition) is 1. The second-order valence-corrected chi connectivity index (χ2v) is 6.22. The molecule has 0 spiro atoms. The number of nitrogens with zero attached hydrogens (tertiary/aromatic N) is 1. The van der Waals surface area contributed by atoms with Crippen molar-refractivity contribution in [3.05, 3.63) is 64.8 Å². The SMILES string of the molecule is CC(=O)c1cn(CC(=O)Nc2cccc(Br)c2)c2ccccc12. The van der Waals surface area contributed by atoms with Gasteiger partial charge in [0.05, 0.1) is 0 Å². The molecule has 0 saturated heterocycles. The summed E-state index contributed by atoms with van der Waals surface area (Å²) in [5, 5.41) is 3.73. The van der Waals surface area contributed by atoms with Crippen molar-refractivity contribution < 1.29 is 9.59 Å². The molecule has 0 saturated carbocycles. The lowest BCUT2D eigenvalue weighted by Gasteiger charge is -2.07. The zero-order valence-corrected chi connectivity index (χ0v) is 14.1. The number of fused-ring (bicyclic) bond motifs is 1. The molecule has 3 aromatic rings. The maximum atomic E-state index is 12.3. The molecular weight excluding hydrogens is 356 g/mol. The second kappa shape index (κ2) is 6.38. The van der Waals surface area contributed by atoms with Crippen molar-refractivity contribution in [2.45, 2.75) is 13.5 Å². The predicted molar refractivity (Wildman–Crippen MR) is 94.7 cm³/mol. The monoisotopic (exact) mass is 370 g/mol. The Morgan fingerprint density at radius 1 is 1.13 bits per heavy atom. The molecule has 0 unspecified atom stereocenters. The molecule has 1 heterocycles. The first-order valence-electron chi connectivity index (χ1n) is 7.19. The molecule has 2 aromatic carbocycles. The maximum Gasteiger partial charge on any atom is 0.244 e. The first-order valence-corrected chi connectivity index (χ1v) is 7.98. The lowest BCUT2D eigenvalue weighted by molar-refractivity contribution is -0.116. The van der Waals surface area contributed by atoms with Crippen molar-refractivity contribution >= 4 is 44.2 Å². The van der Waals surface area contributed by atoms with Crippen LogP contribution >= 0.6 is 15.9 Å². The third-order valence-corrected chi connectivity index (χ3v) is 4.08. The summed E-state index contributed by atoms with van der Waals surface area (Å²) in [6.07, 6.45) is 1.74. The van der Waals surface area contributed by atoms with Crippen LogP contribution in [0.5, 0.6) is 0 Å². The maximum absolute atomic E-state index is 12.3. The topological polar surface area (TPSA) is 51.1 Å². The van der Waals surface area contributed by atoms with Gasteiger partial charge in [-0.25, -0.2) is 0 Å². The van der Waals surface area contributed by atoms with Crippen LogP contribution in [0.25, 0.3) is 10.9 Å². The summed E-state index contributed by atoms with van der Waals surface area (Å²) in [5.41, 5.74) is 2.24. The normalized spacial score (nSPS) is 10.7. The van der Waals surface area contributed by atoms with E-state index in [0.717, 1.165) is 21.1 Å². The fourth-order valence-electron chi connectivity index (χ4n) is 2.58. The summed E-state index contributed by atoms with van der Waals surface area (Å²) in [7, 11) is 0. The molecular formula is C18H15BrN2O2. The van der Waals surface area contributed by atoms with Crippen molar-refractivity contribution in [3.63, 3.8) is 0 Å².